The van der Waals surface area contributed by atoms with Crippen LogP contribution in [0, 0.1) is 6.92 Å². The number of benzene rings is 3. The summed E-state index contributed by atoms with van der Waals surface area (Å²) in [4.78, 5) is 42.1. The maximum absolute atomic E-state index is 13.9. The molecule has 220 valence electrons. The van der Waals surface area contributed by atoms with E-state index in [9.17, 15) is 24.6 Å². The Morgan fingerprint density at radius 2 is 1.74 bits per heavy atom. The first-order valence-electron chi connectivity index (χ1n) is 14.2. The van der Waals surface area contributed by atoms with Gasteiger partial charge in [0.05, 0.1) is 17.7 Å². The van der Waals surface area contributed by atoms with E-state index in [1.807, 2.05) is 48.5 Å². The van der Waals surface area contributed by atoms with Gasteiger partial charge in [-0.25, -0.2) is 0 Å². The number of aliphatic hydroxyl groups is 1. The number of ether oxygens (including phenoxy) is 1. The number of aryl methyl sites for hydroxylation is 1. The molecule has 2 aliphatic rings. The predicted octanol–water partition coefficient (Wildman–Crippen LogP) is 3.17. The maximum atomic E-state index is 13.9. The zero-order valence-corrected chi connectivity index (χ0v) is 24.0. The van der Waals surface area contributed by atoms with E-state index in [0.29, 0.717) is 5.56 Å². The van der Waals surface area contributed by atoms with Gasteiger partial charge in [0.25, 0.3) is 11.8 Å². The van der Waals surface area contributed by atoms with Crippen molar-refractivity contribution in [3.63, 3.8) is 0 Å². The molecule has 42 heavy (non-hydrogen) atoms. The Kier molecular flexibility index (Phi) is 8.34. The zero-order chi connectivity index (χ0) is 30.0. The number of nitrogens with one attached hydrogen (secondary N) is 2. The minimum atomic E-state index is -1.67. The topological polar surface area (TPSA) is 128 Å². The average molecular weight is 572 g/mol. The van der Waals surface area contributed by atoms with Gasteiger partial charge in [0.15, 0.2) is 6.10 Å². The van der Waals surface area contributed by atoms with Crippen molar-refractivity contribution in [2.24, 2.45) is 0 Å². The molecule has 3 aromatic carbocycles. The molecule has 0 bridgehead atoms. The molecule has 3 aromatic rings. The van der Waals surface area contributed by atoms with Gasteiger partial charge in [-0.15, -0.1) is 0 Å². The number of phenolic OH excluding ortho intramolecular Hbond substituents is 1. The lowest BCUT2D eigenvalue weighted by Crippen LogP contribution is -2.59. The summed E-state index contributed by atoms with van der Waals surface area (Å²) in [5.74, 6) is -1.65. The lowest BCUT2D eigenvalue weighted by molar-refractivity contribution is -0.147. The second kappa shape index (κ2) is 12.0. The number of hydrogen-bond acceptors (Lipinski definition) is 6. The summed E-state index contributed by atoms with van der Waals surface area (Å²) in [6, 6.07) is 19.6. The Labute approximate surface area is 245 Å². The molecular weight excluding hydrogens is 534 g/mol. The van der Waals surface area contributed by atoms with Gasteiger partial charge in [-0.2, -0.15) is 0 Å². The Balaban J connectivity index is 1.37. The number of aliphatic hydroxyl groups excluding tert-OH is 1. The number of hydrogen-bond donors (Lipinski definition) is 4. The van der Waals surface area contributed by atoms with Crippen LogP contribution in [0.1, 0.15) is 58.9 Å². The van der Waals surface area contributed by atoms with Crippen molar-refractivity contribution < 1.29 is 29.3 Å². The first-order chi connectivity index (χ1) is 20.1. The van der Waals surface area contributed by atoms with Gasteiger partial charge in [0, 0.05) is 11.1 Å². The van der Waals surface area contributed by atoms with Gasteiger partial charge in [-0.05, 0) is 68.9 Å². The molecule has 3 amide bonds. The van der Waals surface area contributed by atoms with E-state index in [-0.39, 0.29) is 36.4 Å². The van der Waals surface area contributed by atoms with Crippen LogP contribution in [0.2, 0.25) is 0 Å². The summed E-state index contributed by atoms with van der Waals surface area (Å²) in [5.41, 5.74) is 2.66. The molecule has 9 heteroatoms. The molecule has 5 rings (SSSR count). The Hall–Kier alpha value is -4.21. The Morgan fingerprint density at radius 3 is 2.50 bits per heavy atom. The van der Waals surface area contributed by atoms with Crippen molar-refractivity contribution in [3.05, 3.63) is 101 Å². The Bertz CT molecular complexity index is 1470. The van der Waals surface area contributed by atoms with Gasteiger partial charge in [-0.1, -0.05) is 60.7 Å². The highest BCUT2D eigenvalue weighted by atomic mass is 16.5. The van der Waals surface area contributed by atoms with E-state index in [1.165, 1.54) is 16.5 Å². The number of amides is 3. The standard InChI is InChI=1S/C33H37N3O6/c1-20-23(14-9-15-27(20)37)30(39)35-26(18-21-10-5-4-6-11-21)28(38)32(41)36-19-42-33(2,3)29(36)31(40)34-25-17-16-22-12-7-8-13-24(22)25/h4-15,25-26,28-29,37-38H,16-19H2,1-3H3,(H,34,40)(H,35,39)/t25-,26-,28-,29+/m0/s1. The summed E-state index contributed by atoms with van der Waals surface area (Å²) in [5, 5.41) is 27.5. The molecule has 0 saturated carbocycles. The van der Waals surface area contributed by atoms with Crippen molar-refractivity contribution in [3.8, 4) is 5.75 Å². The first kappa shape index (κ1) is 29.3. The molecule has 4 N–H and O–H groups in total. The highest BCUT2D eigenvalue weighted by molar-refractivity contribution is 5.97. The van der Waals surface area contributed by atoms with E-state index in [4.69, 9.17) is 4.74 Å². The van der Waals surface area contributed by atoms with Crippen LogP contribution in [-0.4, -0.2) is 63.4 Å². The molecule has 1 aliphatic carbocycles. The SMILES string of the molecule is Cc1c(O)cccc1C(=O)N[C@@H](Cc1ccccc1)[C@H](O)C(=O)N1COC(C)(C)[C@H]1C(=O)N[C@H]1CCc2ccccc21. The van der Waals surface area contributed by atoms with E-state index in [1.54, 1.807) is 32.9 Å². The summed E-state index contributed by atoms with van der Waals surface area (Å²) in [7, 11) is 0. The third-order valence-corrected chi connectivity index (χ3v) is 8.33. The normalized spacial score (nSPS) is 20.4. The molecule has 1 fully saturated rings. The third-order valence-electron chi connectivity index (χ3n) is 8.33. The van der Waals surface area contributed by atoms with Crippen molar-refractivity contribution >= 4 is 17.7 Å². The molecule has 4 atom stereocenters. The summed E-state index contributed by atoms with van der Waals surface area (Å²) in [6.45, 7) is 4.92. The summed E-state index contributed by atoms with van der Waals surface area (Å²) >= 11 is 0. The monoisotopic (exact) mass is 571 g/mol. The third kappa shape index (κ3) is 5.89. The van der Waals surface area contributed by atoms with Crippen molar-refractivity contribution in [1.29, 1.82) is 0 Å². The molecular formula is C33H37N3O6. The lowest BCUT2D eigenvalue weighted by atomic mass is 9.95. The molecule has 9 nitrogen and oxygen atoms in total. The minimum Gasteiger partial charge on any atom is -0.508 e. The van der Waals surface area contributed by atoms with E-state index >= 15 is 0 Å². The maximum Gasteiger partial charge on any atom is 0.256 e. The molecule has 0 spiro atoms. The van der Waals surface area contributed by atoms with Crippen molar-refractivity contribution in [2.45, 2.75) is 69.9 Å². The fourth-order valence-electron chi connectivity index (χ4n) is 5.94. The van der Waals surface area contributed by atoms with Crippen LogP contribution in [0.3, 0.4) is 0 Å². The van der Waals surface area contributed by atoms with Crippen LogP contribution in [0.4, 0.5) is 0 Å². The summed E-state index contributed by atoms with van der Waals surface area (Å²) < 4.78 is 5.89. The number of rotatable bonds is 8. The zero-order valence-electron chi connectivity index (χ0n) is 24.0. The van der Waals surface area contributed by atoms with Crippen LogP contribution < -0.4 is 10.6 Å². The van der Waals surface area contributed by atoms with Gasteiger partial charge in [-0.3, -0.25) is 14.4 Å². The van der Waals surface area contributed by atoms with Crippen LogP contribution >= 0.6 is 0 Å². The number of carbonyl (C=O) groups excluding carboxylic acids is 3. The largest absolute Gasteiger partial charge is 0.508 e. The number of nitrogens with zero attached hydrogens (tertiary/aromatic N) is 1. The van der Waals surface area contributed by atoms with E-state index < -0.39 is 35.6 Å². The van der Waals surface area contributed by atoms with E-state index in [0.717, 1.165) is 24.0 Å². The van der Waals surface area contributed by atoms with Gasteiger partial charge < -0.3 is 30.5 Å². The second-order valence-electron chi connectivity index (χ2n) is 11.6. The fourth-order valence-corrected chi connectivity index (χ4v) is 5.94. The Morgan fingerprint density at radius 1 is 1.02 bits per heavy atom. The van der Waals surface area contributed by atoms with Gasteiger partial charge >= 0.3 is 0 Å². The highest BCUT2D eigenvalue weighted by Crippen LogP contribution is 2.33. The smallest absolute Gasteiger partial charge is 0.256 e. The van der Waals surface area contributed by atoms with Crippen LogP contribution in [-0.2, 0) is 27.2 Å². The molecule has 0 radical (unpaired) electrons. The van der Waals surface area contributed by atoms with Crippen LogP contribution in [0.5, 0.6) is 5.75 Å². The van der Waals surface area contributed by atoms with E-state index in [2.05, 4.69) is 16.7 Å². The molecule has 0 unspecified atom stereocenters. The highest BCUT2D eigenvalue weighted by Gasteiger charge is 2.51. The molecule has 0 aromatic heterocycles. The second-order valence-corrected chi connectivity index (χ2v) is 11.6. The minimum absolute atomic E-state index is 0.0333. The average Bonchev–Trinajstić information content (AvgIpc) is 3.53. The fraction of sp³-hybridized carbons (Fsp3) is 0.364. The lowest BCUT2D eigenvalue weighted by Gasteiger charge is -2.33. The van der Waals surface area contributed by atoms with Crippen LogP contribution in [0.25, 0.3) is 0 Å². The predicted molar refractivity (Wildman–Crippen MR) is 157 cm³/mol. The van der Waals surface area contributed by atoms with Crippen LogP contribution in [0.15, 0.2) is 72.8 Å². The van der Waals surface area contributed by atoms with Gasteiger partial charge in [0.1, 0.15) is 18.5 Å². The van der Waals surface area contributed by atoms with Gasteiger partial charge in [0.2, 0.25) is 5.91 Å². The summed E-state index contributed by atoms with van der Waals surface area (Å²) in [6.07, 6.45) is 0.0966. The van der Waals surface area contributed by atoms with Crippen molar-refractivity contribution in [2.75, 3.05) is 6.73 Å². The number of phenols is 1. The first-order valence-corrected chi connectivity index (χ1v) is 14.2. The number of fused-ring (bicyclic) bond motifs is 1. The molecule has 1 heterocycles. The van der Waals surface area contributed by atoms with Crippen molar-refractivity contribution in [1.82, 2.24) is 15.5 Å². The number of aromatic hydroxyl groups is 1. The number of carbonyl (C=O) groups is 3. The molecule has 1 saturated heterocycles. The quantitative estimate of drug-likeness (QED) is 0.329. The molecule has 1 aliphatic heterocycles.